The molecular formula is C18H25FN2O2. The third-order valence-electron chi connectivity index (χ3n) is 4.04. The molecule has 0 radical (unpaired) electrons. The molecule has 0 spiro atoms. The maximum atomic E-state index is 12.9. The molecule has 0 unspecified atom stereocenters. The van der Waals surface area contributed by atoms with E-state index in [1.54, 1.807) is 12.1 Å². The minimum absolute atomic E-state index is 0.0173. The molecule has 4 nitrogen and oxygen atoms in total. The molecule has 2 rings (SSSR count). The Morgan fingerprint density at radius 2 is 1.78 bits per heavy atom. The first-order valence-corrected chi connectivity index (χ1v) is 8.28. The van der Waals surface area contributed by atoms with E-state index in [1.807, 2.05) is 18.7 Å². The largest absolute Gasteiger partial charge is 0.344 e. The van der Waals surface area contributed by atoms with Crippen molar-refractivity contribution in [2.75, 3.05) is 13.1 Å². The number of nitrogens with zero attached hydrogens (tertiary/aromatic N) is 1. The van der Waals surface area contributed by atoms with Gasteiger partial charge in [0.2, 0.25) is 11.8 Å². The lowest BCUT2D eigenvalue weighted by Crippen LogP contribution is -2.48. The molecule has 0 aromatic heterocycles. The zero-order valence-electron chi connectivity index (χ0n) is 13.8. The van der Waals surface area contributed by atoms with Crippen molar-refractivity contribution in [2.45, 2.75) is 45.6 Å². The van der Waals surface area contributed by atoms with Crippen molar-refractivity contribution < 1.29 is 14.0 Å². The van der Waals surface area contributed by atoms with Crippen LogP contribution in [0.4, 0.5) is 4.39 Å². The van der Waals surface area contributed by atoms with Crippen LogP contribution in [0.15, 0.2) is 24.3 Å². The van der Waals surface area contributed by atoms with Gasteiger partial charge in [-0.05, 0) is 42.9 Å². The van der Waals surface area contributed by atoms with Gasteiger partial charge >= 0.3 is 0 Å². The first-order valence-electron chi connectivity index (χ1n) is 8.28. The van der Waals surface area contributed by atoms with E-state index in [2.05, 4.69) is 5.32 Å². The maximum absolute atomic E-state index is 12.9. The number of hydrogen-bond acceptors (Lipinski definition) is 2. The summed E-state index contributed by atoms with van der Waals surface area (Å²) in [5, 5.41) is 2.86. The van der Waals surface area contributed by atoms with Gasteiger partial charge in [-0.3, -0.25) is 9.59 Å². The third kappa shape index (κ3) is 5.34. The molecule has 1 heterocycles. The molecule has 1 fully saturated rings. The Bertz CT molecular complexity index is 536. The van der Waals surface area contributed by atoms with Crippen LogP contribution in [0, 0.1) is 11.7 Å². The predicted octanol–water partition coefficient (Wildman–Crippen LogP) is 2.52. The second kappa shape index (κ2) is 8.09. The summed E-state index contributed by atoms with van der Waals surface area (Å²) in [6.45, 7) is 5.63. The summed E-state index contributed by atoms with van der Waals surface area (Å²) < 4.78 is 12.9. The number of halogens is 1. The van der Waals surface area contributed by atoms with Gasteiger partial charge in [-0.15, -0.1) is 0 Å². The summed E-state index contributed by atoms with van der Waals surface area (Å²) in [7, 11) is 0. The van der Waals surface area contributed by atoms with Crippen LogP contribution in [-0.4, -0.2) is 35.8 Å². The van der Waals surface area contributed by atoms with E-state index in [9.17, 15) is 14.0 Å². The normalized spacial score (nSPS) is 15.7. The van der Waals surface area contributed by atoms with Crippen LogP contribution in [-0.2, 0) is 16.0 Å². The van der Waals surface area contributed by atoms with Gasteiger partial charge in [0.1, 0.15) is 11.9 Å². The first kappa shape index (κ1) is 17.4. The van der Waals surface area contributed by atoms with Crippen LogP contribution in [0.5, 0.6) is 0 Å². The average Bonchev–Trinajstić information content (AvgIpc) is 3.02. The molecule has 5 heteroatoms. The van der Waals surface area contributed by atoms with Crippen LogP contribution >= 0.6 is 0 Å². The van der Waals surface area contributed by atoms with Crippen molar-refractivity contribution in [3.63, 3.8) is 0 Å². The van der Waals surface area contributed by atoms with Gasteiger partial charge in [0, 0.05) is 13.1 Å². The van der Waals surface area contributed by atoms with Gasteiger partial charge in [-0.2, -0.15) is 0 Å². The number of carbonyl (C=O) groups is 2. The van der Waals surface area contributed by atoms with E-state index < -0.39 is 6.04 Å². The van der Waals surface area contributed by atoms with Crippen molar-refractivity contribution >= 4 is 11.8 Å². The Hall–Kier alpha value is -1.91. The number of hydrogen-bond donors (Lipinski definition) is 1. The molecule has 1 aliphatic rings. The van der Waals surface area contributed by atoms with Gasteiger partial charge in [0.15, 0.2) is 0 Å². The predicted molar refractivity (Wildman–Crippen MR) is 87.3 cm³/mol. The highest BCUT2D eigenvalue weighted by Crippen LogP contribution is 2.14. The summed E-state index contributed by atoms with van der Waals surface area (Å²) >= 11 is 0. The number of likely N-dealkylation sites (tertiary alicyclic amines) is 1. The van der Waals surface area contributed by atoms with E-state index in [0.29, 0.717) is 12.3 Å². The monoisotopic (exact) mass is 320 g/mol. The van der Waals surface area contributed by atoms with Crippen LogP contribution in [0.3, 0.4) is 0 Å². The fourth-order valence-corrected chi connectivity index (χ4v) is 2.88. The van der Waals surface area contributed by atoms with Crippen molar-refractivity contribution in [3.8, 4) is 0 Å². The number of nitrogens with one attached hydrogen (secondary N) is 1. The second-order valence-electron chi connectivity index (χ2n) is 6.59. The van der Waals surface area contributed by atoms with E-state index in [0.717, 1.165) is 31.5 Å². The Labute approximate surface area is 137 Å². The van der Waals surface area contributed by atoms with Crippen LogP contribution < -0.4 is 5.32 Å². The quantitative estimate of drug-likeness (QED) is 0.875. The molecule has 0 aliphatic carbocycles. The molecule has 1 aliphatic heterocycles. The Morgan fingerprint density at radius 3 is 2.35 bits per heavy atom. The van der Waals surface area contributed by atoms with E-state index >= 15 is 0 Å². The molecule has 1 aromatic rings. The standard InChI is InChI=1S/C18H25FN2O2/c1-13(2)11-16(18(23)21-9-3-4-10-21)20-17(22)12-14-5-7-15(19)8-6-14/h5-8,13,16H,3-4,9-12H2,1-2H3,(H,20,22)/t16-/m0/s1. The molecule has 1 N–H and O–H groups in total. The van der Waals surface area contributed by atoms with Gasteiger partial charge in [-0.25, -0.2) is 4.39 Å². The van der Waals surface area contributed by atoms with Crippen LogP contribution in [0.25, 0.3) is 0 Å². The van der Waals surface area contributed by atoms with E-state index in [-0.39, 0.29) is 24.1 Å². The number of amides is 2. The fourth-order valence-electron chi connectivity index (χ4n) is 2.88. The van der Waals surface area contributed by atoms with Gasteiger partial charge < -0.3 is 10.2 Å². The highest BCUT2D eigenvalue weighted by molar-refractivity contribution is 5.88. The molecule has 1 aromatic carbocycles. The smallest absolute Gasteiger partial charge is 0.245 e. The van der Waals surface area contributed by atoms with Crippen LogP contribution in [0.2, 0.25) is 0 Å². The maximum Gasteiger partial charge on any atom is 0.245 e. The lowest BCUT2D eigenvalue weighted by atomic mass is 10.0. The van der Waals surface area contributed by atoms with E-state index in [1.165, 1.54) is 12.1 Å². The minimum atomic E-state index is -0.471. The number of rotatable bonds is 6. The Balaban J connectivity index is 1.96. The molecule has 126 valence electrons. The lowest BCUT2D eigenvalue weighted by Gasteiger charge is -2.25. The molecule has 0 saturated carbocycles. The van der Waals surface area contributed by atoms with Gasteiger partial charge in [0.25, 0.3) is 0 Å². The fraction of sp³-hybridized carbons (Fsp3) is 0.556. The SMILES string of the molecule is CC(C)C[C@H](NC(=O)Cc1ccc(F)cc1)C(=O)N1CCCC1. The molecule has 0 bridgehead atoms. The molecule has 1 saturated heterocycles. The number of benzene rings is 1. The first-order chi connectivity index (χ1) is 11.0. The van der Waals surface area contributed by atoms with Crippen LogP contribution in [0.1, 0.15) is 38.7 Å². The zero-order chi connectivity index (χ0) is 16.8. The summed E-state index contributed by atoms with van der Waals surface area (Å²) in [6, 6.07) is 5.39. The summed E-state index contributed by atoms with van der Waals surface area (Å²) in [5.41, 5.74) is 0.737. The molecule has 23 heavy (non-hydrogen) atoms. The van der Waals surface area contributed by atoms with Crippen molar-refractivity contribution in [1.82, 2.24) is 10.2 Å². The van der Waals surface area contributed by atoms with Crippen molar-refractivity contribution in [1.29, 1.82) is 0 Å². The highest BCUT2D eigenvalue weighted by atomic mass is 19.1. The number of carbonyl (C=O) groups excluding carboxylic acids is 2. The minimum Gasteiger partial charge on any atom is -0.344 e. The molecule has 2 amide bonds. The summed E-state index contributed by atoms with van der Waals surface area (Å²) in [6.07, 6.45) is 2.85. The highest BCUT2D eigenvalue weighted by Gasteiger charge is 2.28. The molecular weight excluding hydrogens is 295 g/mol. The Kier molecular flexibility index (Phi) is 6.13. The van der Waals surface area contributed by atoms with E-state index in [4.69, 9.17) is 0 Å². The molecule has 1 atom stereocenters. The van der Waals surface area contributed by atoms with Gasteiger partial charge in [0.05, 0.1) is 6.42 Å². The van der Waals surface area contributed by atoms with Crippen molar-refractivity contribution in [2.24, 2.45) is 5.92 Å². The topological polar surface area (TPSA) is 49.4 Å². The summed E-state index contributed by atoms with van der Waals surface area (Å²) in [5.74, 6) is -0.188. The van der Waals surface area contributed by atoms with Crippen molar-refractivity contribution in [3.05, 3.63) is 35.6 Å². The van der Waals surface area contributed by atoms with Gasteiger partial charge in [-0.1, -0.05) is 26.0 Å². The lowest BCUT2D eigenvalue weighted by molar-refractivity contribution is -0.135. The Morgan fingerprint density at radius 1 is 1.17 bits per heavy atom. The average molecular weight is 320 g/mol. The summed E-state index contributed by atoms with van der Waals surface area (Å²) in [4.78, 5) is 26.6. The second-order valence-corrected chi connectivity index (χ2v) is 6.59. The zero-order valence-corrected chi connectivity index (χ0v) is 13.8. The third-order valence-corrected chi connectivity index (χ3v) is 4.04.